The predicted molar refractivity (Wildman–Crippen MR) is 119 cm³/mol. The van der Waals surface area contributed by atoms with Gasteiger partial charge in [-0.15, -0.1) is 11.3 Å². The van der Waals surface area contributed by atoms with Crippen molar-refractivity contribution in [3.63, 3.8) is 0 Å². The summed E-state index contributed by atoms with van der Waals surface area (Å²) in [7, 11) is 0. The minimum Gasteiger partial charge on any atom is -0.205 e. The van der Waals surface area contributed by atoms with Gasteiger partial charge in [-0.1, -0.05) is 64.7 Å². The quantitative estimate of drug-likeness (QED) is 0.425. The van der Waals surface area contributed by atoms with Crippen molar-refractivity contribution in [3.05, 3.63) is 40.5 Å². The first kappa shape index (κ1) is 20.6. The molecule has 0 radical (unpaired) electrons. The van der Waals surface area contributed by atoms with Gasteiger partial charge < -0.3 is 0 Å². The lowest BCUT2D eigenvalue weighted by Gasteiger charge is -2.23. The molecule has 3 atom stereocenters. The summed E-state index contributed by atoms with van der Waals surface area (Å²) in [6.07, 6.45) is 12.9. The van der Waals surface area contributed by atoms with E-state index in [0.29, 0.717) is 0 Å². The van der Waals surface area contributed by atoms with Crippen LogP contribution in [0.3, 0.4) is 0 Å². The van der Waals surface area contributed by atoms with Gasteiger partial charge in [0, 0.05) is 4.88 Å². The van der Waals surface area contributed by atoms with E-state index in [4.69, 9.17) is 0 Å². The molecule has 1 heterocycles. The third kappa shape index (κ3) is 5.22. The molecule has 0 bridgehead atoms. The Balaban J connectivity index is 1.53. The lowest BCUT2D eigenvalue weighted by atomic mass is 9.83. The van der Waals surface area contributed by atoms with Gasteiger partial charge in [-0.25, -0.2) is 4.39 Å². The molecule has 0 N–H and O–H groups in total. The molecule has 27 heavy (non-hydrogen) atoms. The lowest BCUT2D eigenvalue weighted by molar-refractivity contribution is 0.352. The van der Waals surface area contributed by atoms with E-state index in [1.54, 1.807) is 11.3 Å². The predicted octanol–water partition coefficient (Wildman–Crippen LogP) is 8.77. The summed E-state index contributed by atoms with van der Waals surface area (Å²) in [5.41, 5.74) is 2.19. The molecule has 0 spiro atoms. The van der Waals surface area contributed by atoms with Crippen LogP contribution in [0.4, 0.5) is 4.39 Å². The van der Waals surface area contributed by atoms with Crippen LogP contribution in [0.2, 0.25) is 0 Å². The van der Waals surface area contributed by atoms with Crippen molar-refractivity contribution in [2.24, 2.45) is 17.8 Å². The Morgan fingerprint density at radius 1 is 1.15 bits per heavy atom. The highest BCUT2D eigenvalue weighted by molar-refractivity contribution is 7.20. The van der Waals surface area contributed by atoms with Crippen molar-refractivity contribution in [1.82, 2.24) is 0 Å². The Kier molecular flexibility index (Phi) is 7.14. The number of thiophene rings is 1. The maximum absolute atomic E-state index is 14.3. The molecular formula is C25H35FS. The molecule has 3 rings (SSSR count). The molecule has 3 unspecified atom stereocenters. The Bertz CT molecular complexity index is 785. The smallest absolute Gasteiger partial charge is 0.143 e. The molecule has 0 saturated heterocycles. The van der Waals surface area contributed by atoms with E-state index in [0.717, 1.165) is 39.8 Å². The second-order valence-electron chi connectivity index (χ2n) is 8.87. The van der Waals surface area contributed by atoms with Crippen molar-refractivity contribution in [2.45, 2.75) is 79.1 Å². The fraction of sp³-hybridized carbons (Fsp3) is 0.600. The van der Waals surface area contributed by atoms with Crippen LogP contribution in [0, 0.1) is 30.5 Å². The van der Waals surface area contributed by atoms with Crippen molar-refractivity contribution >= 4 is 27.0 Å². The van der Waals surface area contributed by atoms with Gasteiger partial charge in [0.1, 0.15) is 5.82 Å². The Morgan fingerprint density at radius 2 is 1.93 bits per heavy atom. The normalized spacial score (nSPS) is 19.9. The van der Waals surface area contributed by atoms with Crippen LogP contribution in [-0.2, 0) is 0 Å². The van der Waals surface area contributed by atoms with Gasteiger partial charge in [0.05, 0.1) is 4.70 Å². The molecule has 148 valence electrons. The van der Waals surface area contributed by atoms with Gasteiger partial charge in [0.15, 0.2) is 0 Å². The van der Waals surface area contributed by atoms with Gasteiger partial charge in [0.25, 0.3) is 0 Å². The molecule has 0 amide bonds. The summed E-state index contributed by atoms with van der Waals surface area (Å²) >= 11 is 1.63. The maximum atomic E-state index is 14.3. The minimum atomic E-state index is -0.0376. The van der Waals surface area contributed by atoms with E-state index in [-0.39, 0.29) is 5.82 Å². The van der Waals surface area contributed by atoms with Crippen LogP contribution in [0.15, 0.2) is 24.3 Å². The van der Waals surface area contributed by atoms with Crippen LogP contribution in [0.1, 0.15) is 82.6 Å². The lowest BCUT2D eigenvalue weighted by Crippen LogP contribution is -2.08. The summed E-state index contributed by atoms with van der Waals surface area (Å²) in [5, 5.41) is 1.05. The molecule has 1 aliphatic rings. The molecule has 2 heteroatoms. The zero-order valence-corrected chi connectivity index (χ0v) is 18.3. The number of benzene rings is 1. The highest BCUT2D eigenvalue weighted by atomic mass is 32.1. The first-order chi connectivity index (χ1) is 13.0. The van der Waals surface area contributed by atoms with Crippen LogP contribution in [0.25, 0.3) is 15.7 Å². The number of aryl methyl sites for hydroxylation is 1. The third-order valence-corrected chi connectivity index (χ3v) is 7.79. The van der Waals surface area contributed by atoms with E-state index in [2.05, 4.69) is 39.0 Å². The third-order valence-electron chi connectivity index (χ3n) is 6.57. The van der Waals surface area contributed by atoms with E-state index < -0.39 is 0 Å². The second-order valence-corrected chi connectivity index (χ2v) is 9.92. The number of rotatable bonds is 8. The van der Waals surface area contributed by atoms with Gasteiger partial charge in [-0.2, -0.15) is 0 Å². The van der Waals surface area contributed by atoms with E-state index in [1.165, 1.54) is 55.4 Å². The molecule has 0 nitrogen and oxygen atoms in total. The number of halogens is 1. The summed E-state index contributed by atoms with van der Waals surface area (Å²) < 4.78 is 15.2. The van der Waals surface area contributed by atoms with Crippen LogP contribution in [0.5, 0.6) is 0 Å². The minimum absolute atomic E-state index is 0.0376. The second kappa shape index (κ2) is 9.37. The van der Waals surface area contributed by atoms with Crippen LogP contribution in [-0.4, -0.2) is 0 Å². The van der Waals surface area contributed by atoms with Gasteiger partial charge in [-0.3, -0.25) is 0 Å². The molecule has 0 aliphatic heterocycles. The zero-order valence-electron chi connectivity index (χ0n) is 17.5. The van der Waals surface area contributed by atoms with E-state index >= 15 is 0 Å². The molecule has 0 fully saturated rings. The van der Waals surface area contributed by atoms with Crippen molar-refractivity contribution in [1.29, 1.82) is 0 Å². The molecule has 2 aromatic rings. The first-order valence-corrected chi connectivity index (χ1v) is 11.7. The SMILES string of the molecule is CCC(C)CCC(C)CCC1CC=C(c2cc3ccc(C)c(F)c3s2)CC1. The molecule has 1 aliphatic carbocycles. The molecular weight excluding hydrogens is 351 g/mol. The van der Waals surface area contributed by atoms with Gasteiger partial charge in [0.2, 0.25) is 0 Å². The highest BCUT2D eigenvalue weighted by Crippen LogP contribution is 2.39. The maximum Gasteiger partial charge on any atom is 0.143 e. The summed E-state index contributed by atoms with van der Waals surface area (Å²) in [6, 6.07) is 6.13. The van der Waals surface area contributed by atoms with E-state index in [1.807, 2.05) is 13.0 Å². The van der Waals surface area contributed by atoms with Gasteiger partial charge in [-0.05, 0) is 72.9 Å². The number of allylic oxidation sites excluding steroid dienone is 2. The van der Waals surface area contributed by atoms with Gasteiger partial charge >= 0.3 is 0 Å². The number of fused-ring (bicyclic) bond motifs is 1. The average Bonchev–Trinajstić information content (AvgIpc) is 3.12. The summed E-state index contributed by atoms with van der Waals surface area (Å²) in [4.78, 5) is 1.27. The summed E-state index contributed by atoms with van der Waals surface area (Å²) in [6.45, 7) is 8.96. The van der Waals surface area contributed by atoms with Crippen LogP contribution >= 0.6 is 11.3 Å². The monoisotopic (exact) mass is 386 g/mol. The average molecular weight is 387 g/mol. The molecule has 1 aromatic carbocycles. The largest absolute Gasteiger partial charge is 0.205 e. The topological polar surface area (TPSA) is 0 Å². The standard InChI is InChI=1S/C25H35FS/c1-5-17(2)6-7-18(3)8-10-20-11-14-21(15-12-20)23-16-22-13-9-19(4)24(26)25(22)27-23/h9,13-14,16-18,20H,5-8,10-12,15H2,1-4H3. The Morgan fingerprint density at radius 3 is 2.63 bits per heavy atom. The van der Waals surface area contributed by atoms with Crippen LogP contribution < -0.4 is 0 Å². The highest BCUT2D eigenvalue weighted by Gasteiger charge is 2.19. The molecule has 1 aromatic heterocycles. The van der Waals surface area contributed by atoms with Crippen molar-refractivity contribution < 1.29 is 4.39 Å². The Hall–Kier alpha value is -1.15. The fourth-order valence-corrected chi connectivity index (χ4v) is 5.36. The number of hydrogen-bond donors (Lipinski definition) is 0. The molecule has 0 saturated carbocycles. The first-order valence-electron chi connectivity index (χ1n) is 10.9. The Labute approximate surface area is 168 Å². The van der Waals surface area contributed by atoms with E-state index in [9.17, 15) is 4.39 Å². The fourth-order valence-electron chi connectivity index (χ4n) is 4.14. The van der Waals surface area contributed by atoms with Crippen molar-refractivity contribution in [3.8, 4) is 0 Å². The number of hydrogen-bond acceptors (Lipinski definition) is 1. The zero-order chi connectivity index (χ0) is 19.4. The van der Waals surface area contributed by atoms with Crippen molar-refractivity contribution in [2.75, 3.05) is 0 Å². The summed E-state index contributed by atoms with van der Waals surface area (Å²) in [5.74, 6) is 2.54.